The van der Waals surface area contributed by atoms with Gasteiger partial charge in [-0.1, -0.05) is 44.6 Å². The fraction of sp³-hybridized carbons (Fsp3) is 0.382. The van der Waals surface area contributed by atoms with Gasteiger partial charge in [-0.15, -0.1) is 0 Å². The van der Waals surface area contributed by atoms with Gasteiger partial charge in [-0.25, -0.2) is 15.0 Å². The van der Waals surface area contributed by atoms with E-state index in [2.05, 4.69) is 37.2 Å². The summed E-state index contributed by atoms with van der Waals surface area (Å²) in [6, 6.07) is 8.34. The van der Waals surface area contributed by atoms with E-state index < -0.39 is 17.6 Å². The van der Waals surface area contributed by atoms with E-state index in [0.29, 0.717) is 35.4 Å². The van der Waals surface area contributed by atoms with Crippen LogP contribution in [0.15, 0.2) is 60.9 Å². The lowest BCUT2D eigenvalue weighted by Crippen LogP contribution is -2.38. The van der Waals surface area contributed by atoms with E-state index in [-0.39, 0.29) is 29.2 Å². The van der Waals surface area contributed by atoms with Gasteiger partial charge in [-0.2, -0.15) is 13.2 Å². The highest BCUT2D eigenvalue weighted by atomic mass is 19.4. The summed E-state index contributed by atoms with van der Waals surface area (Å²) < 4.78 is 41.4. The number of alkyl halides is 3. The van der Waals surface area contributed by atoms with Crippen molar-refractivity contribution in [1.29, 1.82) is 0 Å². The Morgan fingerprint density at radius 1 is 1.07 bits per heavy atom. The number of halogens is 3. The van der Waals surface area contributed by atoms with E-state index in [1.54, 1.807) is 30.5 Å². The Morgan fingerprint density at radius 2 is 1.85 bits per heavy atom. The fourth-order valence-electron chi connectivity index (χ4n) is 6.05. The topological polar surface area (TPSA) is 127 Å². The molecule has 1 aliphatic carbocycles. The maximum atomic E-state index is 13.1. The molecular weight excluding hydrogens is 595 g/mol. The third kappa shape index (κ3) is 7.21. The van der Waals surface area contributed by atoms with Gasteiger partial charge in [0.2, 0.25) is 5.91 Å². The van der Waals surface area contributed by atoms with Crippen LogP contribution in [0.3, 0.4) is 0 Å². The number of anilines is 2. The molecule has 12 heteroatoms. The molecule has 0 spiro atoms. The second-order valence-electron chi connectivity index (χ2n) is 11.3. The number of carbonyl (C=O) groups excluding carboxylic acids is 2. The molecule has 2 atom stereocenters. The monoisotopic (exact) mass is 633 g/mol. The quantitative estimate of drug-likeness (QED) is 0.207. The van der Waals surface area contributed by atoms with Crippen molar-refractivity contribution in [2.75, 3.05) is 11.1 Å². The summed E-state index contributed by atoms with van der Waals surface area (Å²) in [7, 11) is 0. The first-order valence-corrected chi connectivity index (χ1v) is 15.7. The van der Waals surface area contributed by atoms with Crippen LogP contribution in [0.1, 0.15) is 92.2 Å². The molecule has 46 heavy (non-hydrogen) atoms. The molecule has 2 amide bonds. The Balaban J connectivity index is 0.00000204. The Hall–Kier alpha value is -4.74. The molecule has 2 aliphatic rings. The Kier molecular flexibility index (Phi) is 10.0. The number of nitrogen functional groups attached to an aromatic ring is 1. The van der Waals surface area contributed by atoms with E-state index in [1.165, 1.54) is 0 Å². The van der Waals surface area contributed by atoms with Crippen LogP contribution in [0.2, 0.25) is 0 Å². The predicted octanol–water partition coefficient (Wildman–Crippen LogP) is 7.10. The number of hydrogen-bond donors (Lipinski definition) is 3. The van der Waals surface area contributed by atoms with Crippen molar-refractivity contribution in [3.8, 4) is 11.3 Å². The van der Waals surface area contributed by atoms with Crippen molar-refractivity contribution >= 4 is 29.0 Å². The van der Waals surface area contributed by atoms with Crippen LogP contribution >= 0.6 is 0 Å². The SMILES string of the molecule is CC.Nc1ncc2n3c(nc(-c4ccc(C(=O)Nc5cc(C(F)(F)F)ccn5)cc4)c13)[C@@H]1CCCC(C1)NC(=O)CCC/C=C\C2. The highest BCUT2D eigenvalue weighted by Gasteiger charge is 2.32. The van der Waals surface area contributed by atoms with Crippen LogP contribution in [0.4, 0.5) is 24.8 Å². The summed E-state index contributed by atoms with van der Waals surface area (Å²) in [6.45, 7) is 4.00. The molecule has 1 aliphatic heterocycles. The van der Waals surface area contributed by atoms with Crippen molar-refractivity contribution < 1.29 is 22.8 Å². The smallest absolute Gasteiger partial charge is 0.382 e. The largest absolute Gasteiger partial charge is 0.416 e. The van der Waals surface area contributed by atoms with Crippen LogP contribution in [0.25, 0.3) is 16.8 Å². The number of imidazole rings is 1. The number of nitrogens with zero attached hydrogens (tertiary/aromatic N) is 4. The minimum Gasteiger partial charge on any atom is -0.382 e. The van der Waals surface area contributed by atoms with Crippen LogP contribution in [-0.4, -0.2) is 37.2 Å². The molecule has 1 fully saturated rings. The molecule has 4 heterocycles. The second-order valence-corrected chi connectivity index (χ2v) is 11.3. The van der Waals surface area contributed by atoms with Crippen LogP contribution in [0, 0.1) is 0 Å². The minimum atomic E-state index is -4.55. The summed E-state index contributed by atoms with van der Waals surface area (Å²) in [5.41, 5.74) is 8.77. The molecule has 0 saturated heterocycles. The normalized spacial score (nSPS) is 19.3. The van der Waals surface area contributed by atoms with Crippen LogP contribution in [-0.2, 0) is 17.4 Å². The molecular formula is C34H38F3N7O2. The van der Waals surface area contributed by atoms with Gasteiger partial charge < -0.3 is 16.4 Å². The summed E-state index contributed by atoms with van der Waals surface area (Å²) in [4.78, 5) is 38.9. The Bertz CT molecular complexity index is 1730. The van der Waals surface area contributed by atoms with E-state index in [0.717, 1.165) is 68.4 Å². The highest BCUT2D eigenvalue weighted by Crippen LogP contribution is 2.38. The second kappa shape index (κ2) is 14.1. The predicted molar refractivity (Wildman–Crippen MR) is 171 cm³/mol. The summed E-state index contributed by atoms with van der Waals surface area (Å²) >= 11 is 0. The number of rotatable bonds is 3. The number of amides is 2. The zero-order chi connectivity index (χ0) is 32.8. The number of hydrogen-bond acceptors (Lipinski definition) is 6. The first kappa shape index (κ1) is 32.6. The molecule has 4 N–H and O–H groups in total. The van der Waals surface area contributed by atoms with E-state index in [9.17, 15) is 22.8 Å². The molecule has 1 aromatic carbocycles. The lowest BCUT2D eigenvalue weighted by molar-refractivity contribution is -0.137. The van der Waals surface area contributed by atoms with Gasteiger partial charge in [0, 0.05) is 54.0 Å². The number of nitrogens with two attached hydrogens (primary N) is 1. The number of nitrogens with one attached hydrogen (secondary N) is 2. The van der Waals surface area contributed by atoms with Gasteiger partial charge >= 0.3 is 6.18 Å². The van der Waals surface area contributed by atoms with Gasteiger partial charge in [0.15, 0.2) is 0 Å². The average molecular weight is 634 g/mol. The zero-order valence-corrected chi connectivity index (χ0v) is 25.9. The van der Waals surface area contributed by atoms with E-state index >= 15 is 0 Å². The van der Waals surface area contributed by atoms with Gasteiger partial charge in [0.25, 0.3) is 5.91 Å². The molecule has 4 aromatic rings. The van der Waals surface area contributed by atoms with Crippen molar-refractivity contribution in [3.05, 3.63) is 83.6 Å². The van der Waals surface area contributed by atoms with Gasteiger partial charge in [-0.05, 0) is 56.4 Å². The van der Waals surface area contributed by atoms with Crippen molar-refractivity contribution in [1.82, 2.24) is 24.7 Å². The lowest BCUT2D eigenvalue weighted by Gasteiger charge is -2.29. The van der Waals surface area contributed by atoms with Gasteiger partial charge in [0.1, 0.15) is 28.7 Å². The molecule has 242 valence electrons. The molecule has 3 aromatic heterocycles. The molecule has 1 saturated carbocycles. The number of aromatic nitrogens is 4. The van der Waals surface area contributed by atoms with E-state index in [1.807, 2.05) is 13.8 Å². The number of fused-ring (bicyclic) bond motifs is 3. The van der Waals surface area contributed by atoms with Crippen LogP contribution in [0.5, 0.6) is 0 Å². The number of carbonyl (C=O) groups is 2. The van der Waals surface area contributed by atoms with Crippen molar-refractivity contribution in [3.63, 3.8) is 0 Å². The van der Waals surface area contributed by atoms with Gasteiger partial charge in [-0.3, -0.25) is 14.0 Å². The maximum absolute atomic E-state index is 13.1. The number of pyridine rings is 1. The van der Waals surface area contributed by atoms with Crippen molar-refractivity contribution in [2.24, 2.45) is 0 Å². The van der Waals surface area contributed by atoms with E-state index in [4.69, 9.17) is 10.7 Å². The summed E-state index contributed by atoms with van der Waals surface area (Å²) in [6.07, 6.45) is 8.69. The Morgan fingerprint density at radius 3 is 2.61 bits per heavy atom. The summed E-state index contributed by atoms with van der Waals surface area (Å²) in [5.74, 6) is 0.564. The van der Waals surface area contributed by atoms with Crippen molar-refractivity contribution in [2.45, 2.75) is 83.4 Å². The molecule has 0 radical (unpaired) electrons. The lowest BCUT2D eigenvalue weighted by atomic mass is 9.85. The summed E-state index contributed by atoms with van der Waals surface area (Å²) in [5, 5.41) is 5.65. The molecule has 2 bridgehead atoms. The fourth-order valence-corrected chi connectivity index (χ4v) is 6.05. The maximum Gasteiger partial charge on any atom is 0.416 e. The Labute approximate surface area is 265 Å². The standard InChI is InChI=1S/C32H32F3N7O2.C2H6/c33-32(34,35)22-14-15-37-25(17-22)40-31(44)20-12-10-19(11-13-20)27-28-29(36)38-18-24-8-3-1-2-4-9-26(43)39-23-7-5-6-21(16-23)30(41-27)42(24)28;1-2/h1,3,10-15,17-18,21,23H,2,4-9,16H2,(H2,36,38)(H,39,43)(H,37,40,44);1-2H3/b3-1-;/t21-,23?;/m1./s1. The average Bonchev–Trinajstić information content (AvgIpc) is 3.46. The first-order chi connectivity index (χ1) is 22.2. The zero-order valence-electron chi connectivity index (χ0n) is 25.9. The highest BCUT2D eigenvalue weighted by molar-refractivity contribution is 6.04. The molecule has 6 rings (SSSR count). The molecule has 1 unspecified atom stereocenters. The third-order valence-corrected chi connectivity index (χ3v) is 8.21. The minimum absolute atomic E-state index is 0.0716. The number of benzene rings is 1. The van der Waals surface area contributed by atoms with Crippen LogP contribution < -0.4 is 16.4 Å². The van der Waals surface area contributed by atoms with Gasteiger partial charge in [0.05, 0.1) is 5.56 Å². The first-order valence-electron chi connectivity index (χ1n) is 15.7. The third-order valence-electron chi connectivity index (χ3n) is 8.21. The molecule has 9 nitrogen and oxygen atoms in total. The number of allylic oxidation sites excluding steroid dienone is 2.